The van der Waals surface area contributed by atoms with Crippen molar-refractivity contribution >= 4 is 6.16 Å². The molecule has 0 spiro atoms. The highest BCUT2D eigenvalue weighted by molar-refractivity contribution is 5.63. The Morgan fingerprint density at radius 1 is 1.04 bits per heavy atom. The molecule has 142 valence electrons. The summed E-state index contributed by atoms with van der Waals surface area (Å²) in [7, 11) is 3.02. The Morgan fingerprint density at radius 2 is 1.64 bits per heavy atom. The van der Waals surface area contributed by atoms with Gasteiger partial charge in [0, 0.05) is 20.6 Å². The van der Waals surface area contributed by atoms with E-state index in [0.717, 1.165) is 19.3 Å². The molecule has 2 N–H and O–H groups in total. The number of rotatable bonds is 12. The number of methoxy groups -OCH3 is 2. The van der Waals surface area contributed by atoms with Crippen molar-refractivity contribution in [1.29, 1.82) is 0 Å². The van der Waals surface area contributed by atoms with Gasteiger partial charge in [0.15, 0.2) is 17.3 Å². The topological polar surface area (TPSA) is 85.2 Å². The largest absolute Gasteiger partial charge is 0.511 e. The number of carbonyl (C=O) groups is 1. The van der Waals surface area contributed by atoms with E-state index in [0.29, 0.717) is 12.0 Å². The third-order valence-corrected chi connectivity index (χ3v) is 4.38. The second kappa shape index (κ2) is 10.9. The molecule has 1 aromatic carbocycles. The van der Waals surface area contributed by atoms with Crippen molar-refractivity contribution in [3.63, 3.8) is 0 Å². The highest BCUT2D eigenvalue weighted by Crippen LogP contribution is 2.41. The van der Waals surface area contributed by atoms with Crippen molar-refractivity contribution < 1.29 is 29.2 Å². The molecular formula is C19H30O6. The fourth-order valence-corrected chi connectivity index (χ4v) is 2.96. The lowest BCUT2D eigenvalue weighted by atomic mass is 9.96. The summed E-state index contributed by atoms with van der Waals surface area (Å²) in [4.78, 5) is 10.7. The third kappa shape index (κ3) is 6.21. The summed E-state index contributed by atoms with van der Waals surface area (Å²) in [6.07, 6.45) is 7.10. The number of unbranched alkanes of at least 4 members (excludes halogenated alkanes) is 6. The quantitative estimate of drug-likeness (QED) is 0.237. The van der Waals surface area contributed by atoms with Crippen LogP contribution in [0.15, 0.2) is 18.2 Å². The van der Waals surface area contributed by atoms with Gasteiger partial charge in [-0.05, 0) is 18.6 Å². The predicted octanol–water partition coefficient (Wildman–Crippen LogP) is 5.04. The third-order valence-electron chi connectivity index (χ3n) is 4.38. The molecule has 0 fully saturated rings. The summed E-state index contributed by atoms with van der Waals surface area (Å²) in [5.41, 5.74) is 0.363. The van der Waals surface area contributed by atoms with Crippen LogP contribution in [0.2, 0.25) is 0 Å². The number of phenols is 1. The van der Waals surface area contributed by atoms with E-state index in [2.05, 4.69) is 11.7 Å². The van der Waals surface area contributed by atoms with Crippen LogP contribution in [-0.4, -0.2) is 30.6 Å². The zero-order chi connectivity index (χ0) is 18.7. The first kappa shape index (κ1) is 21.3. The van der Waals surface area contributed by atoms with Crippen LogP contribution in [0.1, 0.15) is 63.9 Å². The molecule has 1 aromatic rings. The highest BCUT2D eigenvalue weighted by Gasteiger charge is 2.35. The van der Waals surface area contributed by atoms with Crippen LogP contribution < -0.4 is 4.74 Å². The Bertz CT molecular complexity index is 525. The first-order chi connectivity index (χ1) is 12.0. The monoisotopic (exact) mass is 354 g/mol. The van der Waals surface area contributed by atoms with Gasteiger partial charge in [0.05, 0.1) is 5.56 Å². The molecule has 0 saturated carbocycles. The summed E-state index contributed by atoms with van der Waals surface area (Å²) in [6, 6.07) is 4.64. The average molecular weight is 354 g/mol. The molecule has 6 heteroatoms. The second-order valence-electron chi connectivity index (χ2n) is 6.05. The summed E-state index contributed by atoms with van der Waals surface area (Å²) in [6.45, 7) is 2.19. The van der Waals surface area contributed by atoms with Crippen LogP contribution >= 0.6 is 0 Å². The van der Waals surface area contributed by atoms with Gasteiger partial charge in [0.2, 0.25) is 0 Å². The van der Waals surface area contributed by atoms with Gasteiger partial charge in [0.1, 0.15) is 0 Å². The van der Waals surface area contributed by atoms with Crippen LogP contribution in [-0.2, 0) is 15.3 Å². The van der Waals surface area contributed by atoms with Crippen molar-refractivity contribution in [2.24, 2.45) is 0 Å². The Labute approximate surface area is 149 Å². The molecule has 0 aliphatic heterocycles. The second-order valence-corrected chi connectivity index (χ2v) is 6.05. The molecule has 0 aliphatic rings. The van der Waals surface area contributed by atoms with Gasteiger partial charge in [-0.3, -0.25) is 0 Å². The molecule has 0 bridgehead atoms. The molecule has 6 nitrogen and oxygen atoms in total. The number of hydrogen-bond donors (Lipinski definition) is 2. The molecule has 0 saturated heterocycles. The normalized spacial score (nSPS) is 11.5. The summed E-state index contributed by atoms with van der Waals surface area (Å²) < 4.78 is 15.8. The van der Waals surface area contributed by atoms with Crippen LogP contribution in [0.25, 0.3) is 0 Å². The van der Waals surface area contributed by atoms with Crippen molar-refractivity contribution in [2.45, 2.75) is 64.1 Å². The zero-order valence-corrected chi connectivity index (χ0v) is 15.4. The first-order valence-electron chi connectivity index (χ1n) is 8.84. The lowest BCUT2D eigenvalue weighted by Gasteiger charge is -2.32. The van der Waals surface area contributed by atoms with Gasteiger partial charge in [-0.2, -0.15) is 0 Å². The van der Waals surface area contributed by atoms with E-state index in [-0.39, 0.29) is 11.5 Å². The molecular weight excluding hydrogens is 324 g/mol. The number of hydrogen-bond acceptors (Lipinski definition) is 5. The molecule has 0 radical (unpaired) electrons. The summed E-state index contributed by atoms with van der Waals surface area (Å²) in [5.74, 6) is -1.55. The Morgan fingerprint density at radius 3 is 2.20 bits per heavy atom. The Balaban J connectivity index is 2.79. The van der Waals surface area contributed by atoms with Crippen LogP contribution in [0.3, 0.4) is 0 Å². The van der Waals surface area contributed by atoms with Gasteiger partial charge in [-0.25, -0.2) is 4.79 Å². The number of carboxylic acid groups (broad SMARTS) is 1. The van der Waals surface area contributed by atoms with Crippen LogP contribution in [0, 0.1) is 0 Å². The van der Waals surface area contributed by atoms with Gasteiger partial charge in [0.25, 0.3) is 0 Å². The molecule has 0 atom stereocenters. The first-order valence-corrected chi connectivity index (χ1v) is 8.84. The SMILES string of the molecule is CCCCCCCCCC(OC)(OC)c1cccc(OC(=O)O)c1O. The Hall–Kier alpha value is -1.79. The van der Waals surface area contributed by atoms with E-state index in [1.807, 2.05) is 0 Å². The van der Waals surface area contributed by atoms with Gasteiger partial charge in [-0.15, -0.1) is 0 Å². The number of aromatic hydroxyl groups is 1. The van der Waals surface area contributed by atoms with Crippen molar-refractivity contribution in [2.75, 3.05) is 14.2 Å². The van der Waals surface area contributed by atoms with E-state index in [9.17, 15) is 9.90 Å². The standard InChI is InChI=1S/C19H30O6/c1-4-5-6-7-8-9-10-14-19(23-2,24-3)15-12-11-13-16(17(15)20)25-18(21)22/h11-13,20H,4-10,14H2,1-3H3,(H,21,22). The summed E-state index contributed by atoms with van der Waals surface area (Å²) in [5, 5.41) is 19.2. The van der Waals surface area contributed by atoms with Crippen molar-refractivity contribution in [3.8, 4) is 11.5 Å². The van der Waals surface area contributed by atoms with E-state index in [4.69, 9.17) is 14.6 Å². The maximum atomic E-state index is 10.7. The fourth-order valence-electron chi connectivity index (χ4n) is 2.96. The predicted molar refractivity (Wildman–Crippen MR) is 95.1 cm³/mol. The number of benzene rings is 1. The van der Waals surface area contributed by atoms with E-state index in [1.54, 1.807) is 12.1 Å². The molecule has 0 aromatic heterocycles. The maximum Gasteiger partial charge on any atom is 0.511 e. The lowest BCUT2D eigenvalue weighted by Crippen LogP contribution is -2.31. The van der Waals surface area contributed by atoms with Crippen molar-refractivity contribution in [1.82, 2.24) is 0 Å². The van der Waals surface area contributed by atoms with E-state index in [1.165, 1.54) is 46.0 Å². The zero-order valence-electron chi connectivity index (χ0n) is 15.4. The average Bonchev–Trinajstić information content (AvgIpc) is 2.60. The van der Waals surface area contributed by atoms with Crippen molar-refractivity contribution in [3.05, 3.63) is 23.8 Å². The molecule has 0 aliphatic carbocycles. The molecule has 0 heterocycles. The molecule has 0 amide bonds. The summed E-state index contributed by atoms with van der Waals surface area (Å²) >= 11 is 0. The van der Waals surface area contributed by atoms with E-state index >= 15 is 0 Å². The molecule has 0 unspecified atom stereocenters. The minimum Gasteiger partial charge on any atom is -0.504 e. The smallest absolute Gasteiger partial charge is 0.504 e. The number of phenolic OH excluding ortho intramolecular Hbond substituents is 1. The van der Waals surface area contributed by atoms with Gasteiger partial charge >= 0.3 is 6.16 Å². The molecule has 25 heavy (non-hydrogen) atoms. The number of ether oxygens (including phenoxy) is 3. The van der Waals surface area contributed by atoms with Gasteiger partial charge in [-0.1, -0.05) is 51.5 Å². The molecule has 1 rings (SSSR count). The van der Waals surface area contributed by atoms with Gasteiger partial charge < -0.3 is 24.4 Å². The Kier molecular flexibility index (Phi) is 9.31. The minimum atomic E-state index is -1.49. The van der Waals surface area contributed by atoms with E-state index < -0.39 is 11.9 Å². The maximum absolute atomic E-state index is 10.7. The number of para-hydroxylation sites is 1. The van der Waals surface area contributed by atoms with Crippen LogP contribution in [0.4, 0.5) is 4.79 Å². The fraction of sp³-hybridized carbons (Fsp3) is 0.632. The minimum absolute atomic E-state index is 0.136. The highest BCUT2D eigenvalue weighted by atomic mass is 16.7. The van der Waals surface area contributed by atoms with Crippen LogP contribution in [0.5, 0.6) is 11.5 Å². The lowest BCUT2D eigenvalue weighted by molar-refractivity contribution is -0.221.